The Labute approximate surface area is 79.9 Å². The van der Waals surface area contributed by atoms with Crippen LogP contribution in [-0.4, -0.2) is 5.78 Å². The van der Waals surface area contributed by atoms with Crippen molar-refractivity contribution in [3.8, 4) is 0 Å². The van der Waals surface area contributed by atoms with Gasteiger partial charge in [-0.25, -0.2) is 0 Å². The first-order valence-electron chi connectivity index (χ1n) is 4.02. The minimum atomic E-state index is 0.297. The second-order valence-corrected chi connectivity index (χ2v) is 3.61. The molecule has 12 heavy (non-hydrogen) atoms. The molecule has 0 saturated carbocycles. The molecular weight excluding hydrogens is 216 g/mol. The van der Waals surface area contributed by atoms with E-state index in [0.29, 0.717) is 12.2 Å². The molecule has 0 heterocycles. The summed E-state index contributed by atoms with van der Waals surface area (Å²) in [6.07, 6.45) is 1.62. The Kier molecular flexibility index (Phi) is 2.01. The second kappa shape index (κ2) is 3.02. The molecular formula is C10H9BrO. The Morgan fingerprint density at radius 1 is 1.33 bits per heavy atom. The predicted molar refractivity (Wildman–Crippen MR) is 51.7 cm³/mol. The molecule has 0 N–H and O–H groups in total. The summed E-state index contributed by atoms with van der Waals surface area (Å²) in [5.41, 5.74) is 3.40. The first-order chi connectivity index (χ1) is 5.81. The van der Waals surface area contributed by atoms with Gasteiger partial charge in [0.05, 0.1) is 0 Å². The zero-order valence-electron chi connectivity index (χ0n) is 6.64. The van der Waals surface area contributed by atoms with Gasteiger partial charge < -0.3 is 0 Å². The van der Waals surface area contributed by atoms with E-state index in [1.54, 1.807) is 0 Å². The lowest BCUT2D eigenvalue weighted by Gasteiger charge is -1.99. The summed E-state index contributed by atoms with van der Waals surface area (Å²) >= 11 is 3.40. The number of carbonyl (C=O) groups excluding carboxylic acids is 1. The van der Waals surface area contributed by atoms with Crippen molar-refractivity contribution in [2.75, 3.05) is 0 Å². The number of halogens is 1. The summed E-state index contributed by atoms with van der Waals surface area (Å²) in [4.78, 5) is 11.3. The predicted octanol–water partition coefficient (Wildman–Crippen LogP) is 2.71. The maximum absolute atomic E-state index is 11.3. The van der Waals surface area contributed by atoms with Crippen LogP contribution in [0.1, 0.15) is 27.9 Å². The molecule has 0 atom stereocenters. The highest BCUT2D eigenvalue weighted by atomic mass is 79.9. The van der Waals surface area contributed by atoms with E-state index in [1.807, 2.05) is 12.1 Å². The quantitative estimate of drug-likeness (QED) is 0.671. The summed E-state index contributed by atoms with van der Waals surface area (Å²) in [6.45, 7) is 0. The third-order valence-electron chi connectivity index (χ3n) is 2.25. The maximum atomic E-state index is 11.3. The van der Waals surface area contributed by atoms with Gasteiger partial charge in [-0.3, -0.25) is 4.79 Å². The zero-order chi connectivity index (χ0) is 8.55. The van der Waals surface area contributed by atoms with Crippen LogP contribution in [0.2, 0.25) is 0 Å². The number of rotatable bonds is 1. The normalized spacial score (nSPS) is 14.9. The number of Topliss-reactive ketones (excluding diaryl/α,β-unsaturated/α-hetero) is 1. The van der Waals surface area contributed by atoms with E-state index in [1.165, 1.54) is 11.1 Å². The van der Waals surface area contributed by atoms with Gasteiger partial charge in [-0.2, -0.15) is 0 Å². The molecule has 1 aliphatic carbocycles. The van der Waals surface area contributed by atoms with Gasteiger partial charge in [0, 0.05) is 17.3 Å². The molecule has 1 aromatic carbocycles. The average Bonchev–Trinajstić information content (AvgIpc) is 2.47. The first-order valence-corrected chi connectivity index (χ1v) is 5.14. The standard InChI is InChI=1S/C10H9BrO/c11-6-7-1-3-9-8(5-7)2-4-10(9)12/h1,3,5H,2,4,6H2. The van der Waals surface area contributed by atoms with Crippen LogP contribution >= 0.6 is 15.9 Å². The van der Waals surface area contributed by atoms with Crippen molar-refractivity contribution < 1.29 is 4.79 Å². The van der Waals surface area contributed by atoms with Gasteiger partial charge >= 0.3 is 0 Å². The van der Waals surface area contributed by atoms with Gasteiger partial charge in [0.1, 0.15) is 0 Å². The molecule has 0 bridgehead atoms. The van der Waals surface area contributed by atoms with E-state index in [9.17, 15) is 4.79 Å². The lowest BCUT2D eigenvalue weighted by atomic mass is 10.1. The molecule has 0 unspecified atom stereocenters. The highest BCUT2D eigenvalue weighted by molar-refractivity contribution is 9.08. The summed E-state index contributed by atoms with van der Waals surface area (Å²) in [6, 6.07) is 6.08. The van der Waals surface area contributed by atoms with Crippen LogP contribution in [0.5, 0.6) is 0 Å². The molecule has 2 heteroatoms. The fourth-order valence-electron chi connectivity index (χ4n) is 1.59. The SMILES string of the molecule is O=C1CCc2cc(CBr)ccc21. The van der Waals surface area contributed by atoms with Crippen LogP contribution in [0.25, 0.3) is 0 Å². The topological polar surface area (TPSA) is 17.1 Å². The molecule has 0 aromatic heterocycles. The van der Waals surface area contributed by atoms with E-state index in [0.717, 1.165) is 17.3 Å². The molecule has 0 fully saturated rings. The second-order valence-electron chi connectivity index (χ2n) is 3.05. The summed E-state index contributed by atoms with van der Waals surface area (Å²) < 4.78 is 0. The van der Waals surface area contributed by atoms with Crippen molar-refractivity contribution in [1.29, 1.82) is 0 Å². The lowest BCUT2D eigenvalue weighted by molar-refractivity contribution is 0.0994. The number of fused-ring (bicyclic) bond motifs is 1. The highest BCUT2D eigenvalue weighted by Crippen LogP contribution is 2.23. The molecule has 0 amide bonds. The molecule has 0 aliphatic heterocycles. The van der Waals surface area contributed by atoms with E-state index in [-0.39, 0.29) is 0 Å². The van der Waals surface area contributed by atoms with E-state index >= 15 is 0 Å². The van der Waals surface area contributed by atoms with Crippen molar-refractivity contribution in [2.24, 2.45) is 0 Å². The molecule has 62 valence electrons. The molecule has 1 aliphatic rings. The number of ketones is 1. The number of hydrogen-bond donors (Lipinski definition) is 0. The van der Waals surface area contributed by atoms with Gasteiger partial charge in [-0.1, -0.05) is 34.1 Å². The lowest BCUT2D eigenvalue weighted by Crippen LogP contribution is -1.91. The largest absolute Gasteiger partial charge is 0.294 e. The number of benzene rings is 1. The van der Waals surface area contributed by atoms with Crippen molar-refractivity contribution in [2.45, 2.75) is 18.2 Å². The number of carbonyl (C=O) groups is 1. The Hall–Kier alpha value is -0.630. The Bertz CT molecular complexity index is 331. The molecule has 2 rings (SSSR count). The fraction of sp³-hybridized carbons (Fsp3) is 0.300. The van der Waals surface area contributed by atoms with Crippen LogP contribution in [0.15, 0.2) is 18.2 Å². The van der Waals surface area contributed by atoms with Crippen molar-refractivity contribution in [3.63, 3.8) is 0 Å². The van der Waals surface area contributed by atoms with Crippen LogP contribution in [-0.2, 0) is 11.8 Å². The Balaban J connectivity index is 2.48. The number of hydrogen-bond acceptors (Lipinski definition) is 1. The third kappa shape index (κ3) is 1.20. The van der Waals surface area contributed by atoms with Crippen molar-refractivity contribution >= 4 is 21.7 Å². The minimum absolute atomic E-state index is 0.297. The van der Waals surface area contributed by atoms with Gasteiger partial charge in [-0.05, 0) is 17.5 Å². The number of aryl methyl sites for hydroxylation is 1. The van der Waals surface area contributed by atoms with E-state index in [4.69, 9.17) is 0 Å². The van der Waals surface area contributed by atoms with E-state index < -0.39 is 0 Å². The monoisotopic (exact) mass is 224 g/mol. The van der Waals surface area contributed by atoms with E-state index in [2.05, 4.69) is 22.0 Å². The molecule has 1 aromatic rings. The van der Waals surface area contributed by atoms with Gasteiger partial charge in [0.2, 0.25) is 0 Å². The number of alkyl halides is 1. The zero-order valence-corrected chi connectivity index (χ0v) is 8.23. The van der Waals surface area contributed by atoms with Crippen LogP contribution in [0, 0.1) is 0 Å². The third-order valence-corrected chi connectivity index (χ3v) is 2.89. The van der Waals surface area contributed by atoms with Crippen molar-refractivity contribution in [1.82, 2.24) is 0 Å². The minimum Gasteiger partial charge on any atom is -0.294 e. The Morgan fingerprint density at radius 2 is 2.17 bits per heavy atom. The maximum Gasteiger partial charge on any atom is 0.163 e. The summed E-state index contributed by atoms with van der Waals surface area (Å²) in [7, 11) is 0. The van der Waals surface area contributed by atoms with Crippen LogP contribution in [0.3, 0.4) is 0 Å². The van der Waals surface area contributed by atoms with Crippen LogP contribution < -0.4 is 0 Å². The molecule has 0 spiro atoms. The summed E-state index contributed by atoms with van der Waals surface area (Å²) in [5.74, 6) is 0.297. The van der Waals surface area contributed by atoms with Crippen LogP contribution in [0.4, 0.5) is 0 Å². The van der Waals surface area contributed by atoms with Gasteiger partial charge in [0.15, 0.2) is 5.78 Å². The first kappa shape index (κ1) is 7.99. The fourth-order valence-corrected chi connectivity index (χ4v) is 1.94. The average molecular weight is 225 g/mol. The van der Waals surface area contributed by atoms with Crippen molar-refractivity contribution in [3.05, 3.63) is 34.9 Å². The molecule has 0 radical (unpaired) electrons. The highest BCUT2D eigenvalue weighted by Gasteiger charge is 2.18. The van der Waals surface area contributed by atoms with Gasteiger partial charge in [0.25, 0.3) is 0 Å². The Morgan fingerprint density at radius 3 is 2.92 bits per heavy atom. The van der Waals surface area contributed by atoms with Gasteiger partial charge in [-0.15, -0.1) is 0 Å². The molecule has 1 nitrogen and oxygen atoms in total. The summed E-state index contributed by atoms with van der Waals surface area (Å²) in [5, 5.41) is 0.870. The molecule has 0 saturated heterocycles. The smallest absolute Gasteiger partial charge is 0.163 e.